The summed E-state index contributed by atoms with van der Waals surface area (Å²) in [6, 6.07) is 11.9. The molecule has 0 unspecified atom stereocenters. The van der Waals surface area contributed by atoms with Crippen molar-refractivity contribution in [2.24, 2.45) is 0 Å². The molecule has 4 aromatic rings. The summed E-state index contributed by atoms with van der Waals surface area (Å²) in [5.74, 6) is -0.478. The van der Waals surface area contributed by atoms with Crippen molar-refractivity contribution < 1.29 is 9.53 Å². The van der Waals surface area contributed by atoms with E-state index in [1.165, 1.54) is 7.11 Å². The topological polar surface area (TPSA) is 83.7 Å². The van der Waals surface area contributed by atoms with Crippen LogP contribution in [-0.4, -0.2) is 33.5 Å². The van der Waals surface area contributed by atoms with Gasteiger partial charge in [-0.25, -0.2) is 4.79 Å². The molecule has 7 heteroatoms. The highest BCUT2D eigenvalue weighted by Gasteiger charge is 2.22. The molecule has 130 valence electrons. The van der Waals surface area contributed by atoms with Gasteiger partial charge in [-0.3, -0.25) is 10.2 Å². The van der Waals surface area contributed by atoms with Crippen LogP contribution in [0.25, 0.3) is 33.2 Å². The Kier molecular flexibility index (Phi) is 4.08. The molecule has 0 amide bonds. The highest BCUT2D eigenvalue weighted by molar-refractivity contribution is 9.10. The first-order valence-corrected chi connectivity index (χ1v) is 8.75. The monoisotopic (exact) mass is 410 g/mol. The minimum Gasteiger partial charge on any atom is -0.464 e. The number of aromatic amines is 2. The highest BCUT2D eigenvalue weighted by Crippen LogP contribution is 2.40. The number of carbonyl (C=O) groups is 1. The second-order valence-electron chi connectivity index (χ2n) is 5.89. The van der Waals surface area contributed by atoms with Crippen LogP contribution in [-0.2, 0) is 4.74 Å². The summed E-state index contributed by atoms with van der Waals surface area (Å²) in [4.78, 5) is 12.3. The Bertz CT molecular complexity index is 1130. The van der Waals surface area contributed by atoms with Gasteiger partial charge in [0.25, 0.3) is 0 Å². The van der Waals surface area contributed by atoms with E-state index in [1.807, 2.05) is 43.3 Å². The molecular weight excluding hydrogens is 396 g/mol. The van der Waals surface area contributed by atoms with E-state index in [-0.39, 0.29) is 5.69 Å². The molecule has 6 nitrogen and oxygen atoms in total. The third kappa shape index (κ3) is 2.61. The number of benzene rings is 2. The number of rotatable bonds is 3. The van der Waals surface area contributed by atoms with E-state index < -0.39 is 5.97 Å². The molecule has 2 heterocycles. The van der Waals surface area contributed by atoms with E-state index in [1.54, 1.807) is 6.20 Å². The average molecular weight is 411 g/mol. The SMILES string of the molecule is COC(=O)c1n[nH]c2ccc(-c3cn[nH]c3C)c(-c3cccc(Br)c3)c12. The Morgan fingerprint density at radius 3 is 2.69 bits per heavy atom. The number of fused-ring (bicyclic) bond motifs is 1. The van der Waals surface area contributed by atoms with Crippen LogP contribution in [0.4, 0.5) is 0 Å². The lowest BCUT2D eigenvalue weighted by atomic mass is 9.91. The summed E-state index contributed by atoms with van der Waals surface area (Å²) in [5, 5.41) is 15.0. The van der Waals surface area contributed by atoms with E-state index in [0.29, 0.717) is 0 Å². The molecule has 0 bridgehead atoms. The van der Waals surface area contributed by atoms with Gasteiger partial charge in [0.1, 0.15) is 0 Å². The summed E-state index contributed by atoms with van der Waals surface area (Å²) in [6.45, 7) is 1.97. The van der Waals surface area contributed by atoms with E-state index in [4.69, 9.17) is 4.74 Å². The fraction of sp³-hybridized carbons (Fsp3) is 0.105. The maximum Gasteiger partial charge on any atom is 0.359 e. The Morgan fingerprint density at radius 1 is 1.15 bits per heavy atom. The van der Waals surface area contributed by atoms with Crippen molar-refractivity contribution >= 4 is 32.8 Å². The molecule has 0 radical (unpaired) electrons. The number of ether oxygens (including phenoxy) is 1. The van der Waals surface area contributed by atoms with Gasteiger partial charge in [-0.05, 0) is 36.2 Å². The molecule has 0 saturated heterocycles. The number of hydrogen-bond donors (Lipinski definition) is 2. The number of esters is 1. The van der Waals surface area contributed by atoms with Crippen LogP contribution < -0.4 is 0 Å². The summed E-state index contributed by atoms with van der Waals surface area (Å²) >= 11 is 3.53. The van der Waals surface area contributed by atoms with E-state index in [0.717, 1.165) is 43.3 Å². The zero-order valence-electron chi connectivity index (χ0n) is 14.1. The molecule has 0 spiro atoms. The van der Waals surface area contributed by atoms with Gasteiger partial charge in [0, 0.05) is 26.7 Å². The molecule has 26 heavy (non-hydrogen) atoms. The minimum absolute atomic E-state index is 0.264. The van der Waals surface area contributed by atoms with Crippen molar-refractivity contribution in [3.63, 3.8) is 0 Å². The lowest BCUT2D eigenvalue weighted by Gasteiger charge is -2.12. The first-order chi connectivity index (χ1) is 12.6. The molecule has 0 atom stereocenters. The third-order valence-electron chi connectivity index (χ3n) is 4.34. The number of H-pyrrole nitrogens is 2. The van der Waals surface area contributed by atoms with Crippen LogP contribution in [0.3, 0.4) is 0 Å². The number of halogens is 1. The van der Waals surface area contributed by atoms with Crippen LogP contribution in [0.5, 0.6) is 0 Å². The van der Waals surface area contributed by atoms with Gasteiger partial charge in [-0.15, -0.1) is 0 Å². The average Bonchev–Trinajstić information content (AvgIpc) is 3.26. The number of methoxy groups -OCH3 is 1. The first-order valence-electron chi connectivity index (χ1n) is 7.96. The van der Waals surface area contributed by atoms with Gasteiger partial charge in [-0.2, -0.15) is 10.2 Å². The van der Waals surface area contributed by atoms with Gasteiger partial charge in [-0.1, -0.05) is 34.1 Å². The largest absolute Gasteiger partial charge is 0.464 e. The zero-order valence-corrected chi connectivity index (χ0v) is 15.7. The van der Waals surface area contributed by atoms with Gasteiger partial charge in [0.05, 0.1) is 18.8 Å². The number of hydrogen-bond acceptors (Lipinski definition) is 4. The van der Waals surface area contributed by atoms with Crippen LogP contribution >= 0.6 is 15.9 Å². The Balaban J connectivity index is 2.14. The molecule has 4 rings (SSSR count). The molecule has 2 aromatic carbocycles. The maximum atomic E-state index is 12.3. The number of carbonyl (C=O) groups excluding carboxylic acids is 1. The standard InChI is InChI=1S/C19H15BrN4O2/c1-10-14(9-21-22-10)13-6-7-15-17(18(24-23-15)19(25)26-2)16(13)11-4-3-5-12(20)8-11/h3-9H,1-2H3,(H,21,22)(H,23,24). The smallest absolute Gasteiger partial charge is 0.359 e. The number of nitrogens with zero attached hydrogens (tertiary/aromatic N) is 2. The van der Waals surface area contributed by atoms with E-state index >= 15 is 0 Å². The number of nitrogens with one attached hydrogen (secondary N) is 2. The minimum atomic E-state index is -0.478. The van der Waals surface area contributed by atoms with Crippen molar-refractivity contribution in [3.8, 4) is 22.3 Å². The van der Waals surface area contributed by atoms with Crippen LogP contribution in [0.2, 0.25) is 0 Å². The Hall–Kier alpha value is -2.93. The molecule has 0 aliphatic carbocycles. The first kappa shape index (κ1) is 16.5. The van der Waals surface area contributed by atoms with E-state index in [2.05, 4.69) is 36.3 Å². The summed E-state index contributed by atoms with van der Waals surface area (Å²) < 4.78 is 5.87. The fourth-order valence-electron chi connectivity index (χ4n) is 3.15. The molecular formula is C19H15BrN4O2. The predicted octanol–water partition coefficient (Wildman–Crippen LogP) is 4.48. The van der Waals surface area contributed by atoms with Crippen molar-refractivity contribution in [3.05, 3.63) is 58.5 Å². The van der Waals surface area contributed by atoms with Crippen molar-refractivity contribution in [1.29, 1.82) is 0 Å². The Morgan fingerprint density at radius 2 is 2.00 bits per heavy atom. The molecule has 0 aliphatic heterocycles. The number of aryl methyl sites for hydroxylation is 1. The molecule has 0 fully saturated rings. The summed E-state index contributed by atoms with van der Waals surface area (Å²) in [7, 11) is 1.35. The summed E-state index contributed by atoms with van der Waals surface area (Å²) in [6.07, 6.45) is 1.79. The molecule has 0 aliphatic rings. The molecule has 2 aromatic heterocycles. The lowest BCUT2D eigenvalue weighted by Crippen LogP contribution is -2.03. The van der Waals surface area contributed by atoms with Gasteiger partial charge in [0.15, 0.2) is 5.69 Å². The normalized spacial score (nSPS) is 11.0. The summed E-state index contributed by atoms with van der Waals surface area (Å²) in [5.41, 5.74) is 5.79. The zero-order chi connectivity index (χ0) is 18.3. The predicted molar refractivity (Wildman–Crippen MR) is 103 cm³/mol. The molecule has 0 saturated carbocycles. The van der Waals surface area contributed by atoms with Crippen molar-refractivity contribution in [1.82, 2.24) is 20.4 Å². The second-order valence-corrected chi connectivity index (χ2v) is 6.81. The molecule has 2 N–H and O–H groups in total. The van der Waals surface area contributed by atoms with Gasteiger partial charge < -0.3 is 4.74 Å². The van der Waals surface area contributed by atoms with Gasteiger partial charge >= 0.3 is 5.97 Å². The second kappa shape index (κ2) is 6.42. The fourth-order valence-corrected chi connectivity index (χ4v) is 3.55. The quantitative estimate of drug-likeness (QED) is 0.487. The third-order valence-corrected chi connectivity index (χ3v) is 4.84. The maximum absolute atomic E-state index is 12.3. The van der Waals surface area contributed by atoms with E-state index in [9.17, 15) is 4.79 Å². The van der Waals surface area contributed by atoms with Crippen LogP contribution in [0.1, 0.15) is 16.2 Å². The van der Waals surface area contributed by atoms with Crippen molar-refractivity contribution in [2.75, 3.05) is 7.11 Å². The van der Waals surface area contributed by atoms with Gasteiger partial charge in [0.2, 0.25) is 0 Å². The van der Waals surface area contributed by atoms with Crippen molar-refractivity contribution in [2.45, 2.75) is 6.92 Å². The lowest BCUT2D eigenvalue weighted by molar-refractivity contribution is 0.0596. The number of aromatic nitrogens is 4. The Labute approximate surface area is 157 Å². The van der Waals surface area contributed by atoms with Crippen LogP contribution in [0.15, 0.2) is 47.1 Å². The highest BCUT2D eigenvalue weighted by atomic mass is 79.9. The van der Waals surface area contributed by atoms with Crippen LogP contribution in [0, 0.1) is 6.92 Å².